The van der Waals surface area contributed by atoms with Gasteiger partial charge in [0, 0.05) is 6.20 Å². The molecule has 0 atom stereocenters. The minimum Gasteiger partial charge on any atom is -0.310 e. The first kappa shape index (κ1) is 11.4. The second kappa shape index (κ2) is 5.27. The van der Waals surface area contributed by atoms with Gasteiger partial charge in [0.2, 0.25) is 5.91 Å². The summed E-state index contributed by atoms with van der Waals surface area (Å²) in [6.07, 6.45) is 3.89. The Balaban J connectivity index is 1.84. The molecule has 2 heterocycles. The zero-order valence-corrected chi connectivity index (χ0v) is 9.70. The molecule has 0 unspecified atom stereocenters. The van der Waals surface area contributed by atoms with Crippen LogP contribution in [0.5, 0.6) is 0 Å². The molecule has 2 rings (SSSR count). The fourth-order valence-corrected chi connectivity index (χ4v) is 1.89. The Morgan fingerprint density at radius 2 is 2.19 bits per heavy atom. The number of halogens is 1. The van der Waals surface area contributed by atoms with Crippen molar-refractivity contribution in [2.75, 3.05) is 25.0 Å². The highest BCUT2D eigenvalue weighted by atomic mass is 35.5. The van der Waals surface area contributed by atoms with Gasteiger partial charge in [-0.3, -0.25) is 9.69 Å². The largest absolute Gasteiger partial charge is 0.310 e. The first-order valence-corrected chi connectivity index (χ1v) is 5.75. The lowest BCUT2D eigenvalue weighted by atomic mass is 10.4. The van der Waals surface area contributed by atoms with Crippen LogP contribution in [0.2, 0.25) is 5.02 Å². The van der Waals surface area contributed by atoms with Crippen molar-refractivity contribution in [3.63, 3.8) is 0 Å². The van der Waals surface area contributed by atoms with Crippen LogP contribution in [-0.4, -0.2) is 35.4 Å². The van der Waals surface area contributed by atoms with E-state index in [2.05, 4.69) is 15.2 Å². The van der Waals surface area contributed by atoms with Crippen LogP contribution in [0.3, 0.4) is 0 Å². The van der Waals surface area contributed by atoms with Crippen LogP contribution in [0, 0.1) is 0 Å². The van der Waals surface area contributed by atoms with Crippen molar-refractivity contribution in [3.05, 3.63) is 23.4 Å². The lowest BCUT2D eigenvalue weighted by Crippen LogP contribution is -2.31. The van der Waals surface area contributed by atoms with Gasteiger partial charge in [-0.1, -0.05) is 11.6 Å². The molecular weight excluding hydrogens is 226 g/mol. The molecule has 4 nitrogen and oxygen atoms in total. The van der Waals surface area contributed by atoms with Crippen LogP contribution < -0.4 is 5.32 Å². The van der Waals surface area contributed by atoms with Crippen molar-refractivity contribution in [1.82, 2.24) is 9.88 Å². The molecule has 0 saturated carbocycles. The van der Waals surface area contributed by atoms with Crippen molar-refractivity contribution in [1.29, 1.82) is 0 Å². The SMILES string of the molecule is O=C(CN1CCCC1)Nc1ccc(Cl)cn1. The van der Waals surface area contributed by atoms with E-state index in [0.717, 1.165) is 13.1 Å². The highest BCUT2D eigenvalue weighted by Crippen LogP contribution is 2.10. The average Bonchev–Trinajstić information content (AvgIpc) is 2.74. The number of carbonyl (C=O) groups excluding carboxylic acids is 1. The summed E-state index contributed by atoms with van der Waals surface area (Å²) in [5.41, 5.74) is 0. The van der Waals surface area contributed by atoms with E-state index in [1.54, 1.807) is 12.1 Å². The highest BCUT2D eigenvalue weighted by Gasteiger charge is 2.15. The molecule has 0 aliphatic carbocycles. The molecule has 1 fully saturated rings. The molecule has 86 valence electrons. The van der Waals surface area contributed by atoms with Crippen LogP contribution >= 0.6 is 11.6 Å². The fourth-order valence-electron chi connectivity index (χ4n) is 1.78. The second-order valence-corrected chi connectivity index (χ2v) is 4.33. The lowest BCUT2D eigenvalue weighted by molar-refractivity contribution is -0.117. The zero-order valence-electron chi connectivity index (χ0n) is 8.95. The van der Waals surface area contributed by atoms with E-state index in [0.29, 0.717) is 17.4 Å². The van der Waals surface area contributed by atoms with Gasteiger partial charge >= 0.3 is 0 Å². The topological polar surface area (TPSA) is 45.2 Å². The summed E-state index contributed by atoms with van der Waals surface area (Å²) < 4.78 is 0. The number of likely N-dealkylation sites (tertiary alicyclic amines) is 1. The standard InChI is InChI=1S/C11H14ClN3O/c12-9-3-4-10(13-7-9)14-11(16)8-15-5-1-2-6-15/h3-4,7H,1-2,5-6,8H2,(H,13,14,16). The number of hydrogen-bond donors (Lipinski definition) is 1. The summed E-state index contributed by atoms with van der Waals surface area (Å²) in [6.45, 7) is 2.48. The molecule has 5 heteroatoms. The predicted molar refractivity (Wildman–Crippen MR) is 63.6 cm³/mol. The number of pyridine rings is 1. The Morgan fingerprint density at radius 1 is 1.44 bits per heavy atom. The molecule has 1 aromatic heterocycles. The van der Waals surface area contributed by atoms with Crippen LogP contribution in [0.15, 0.2) is 18.3 Å². The molecule has 0 bridgehead atoms. The van der Waals surface area contributed by atoms with Crippen LogP contribution in [-0.2, 0) is 4.79 Å². The number of rotatable bonds is 3. The third-order valence-corrected chi connectivity index (χ3v) is 2.78. The summed E-state index contributed by atoms with van der Waals surface area (Å²) in [4.78, 5) is 17.8. The molecule has 1 aromatic rings. The predicted octanol–water partition coefficient (Wildman–Crippen LogP) is 1.77. The number of hydrogen-bond acceptors (Lipinski definition) is 3. The maximum absolute atomic E-state index is 11.6. The fraction of sp³-hybridized carbons (Fsp3) is 0.455. The second-order valence-electron chi connectivity index (χ2n) is 3.89. The number of nitrogens with one attached hydrogen (secondary N) is 1. The monoisotopic (exact) mass is 239 g/mol. The number of carbonyl (C=O) groups is 1. The Labute approximate surface area is 99.6 Å². The smallest absolute Gasteiger partial charge is 0.239 e. The molecule has 0 radical (unpaired) electrons. The summed E-state index contributed by atoms with van der Waals surface area (Å²) in [5, 5.41) is 3.31. The molecular formula is C11H14ClN3O. The summed E-state index contributed by atoms with van der Waals surface area (Å²) in [6, 6.07) is 3.41. The number of amides is 1. The van der Waals surface area contributed by atoms with Gasteiger partial charge in [-0.2, -0.15) is 0 Å². The maximum atomic E-state index is 11.6. The van der Waals surface area contributed by atoms with E-state index in [-0.39, 0.29) is 5.91 Å². The maximum Gasteiger partial charge on any atom is 0.239 e. The van der Waals surface area contributed by atoms with Crippen molar-refractivity contribution in [2.24, 2.45) is 0 Å². The third-order valence-electron chi connectivity index (χ3n) is 2.56. The van der Waals surface area contributed by atoms with Gasteiger partial charge in [0.15, 0.2) is 0 Å². The first-order chi connectivity index (χ1) is 7.74. The van der Waals surface area contributed by atoms with Crippen LogP contribution in [0.4, 0.5) is 5.82 Å². The normalized spacial score (nSPS) is 16.3. The van der Waals surface area contributed by atoms with Gasteiger partial charge in [0.05, 0.1) is 11.6 Å². The van der Waals surface area contributed by atoms with Crippen LogP contribution in [0.1, 0.15) is 12.8 Å². The first-order valence-electron chi connectivity index (χ1n) is 5.38. The molecule has 1 N–H and O–H groups in total. The summed E-state index contributed by atoms with van der Waals surface area (Å²) in [7, 11) is 0. The average molecular weight is 240 g/mol. The van der Waals surface area contributed by atoms with E-state index in [9.17, 15) is 4.79 Å². The van der Waals surface area contributed by atoms with Crippen molar-refractivity contribution < 1.29 is 4.79 Å². The summed E-state index contributed by atoms with van der Waals surface area (Å²) >= 11 is 5.70. The van der Waals surface area contributed by atoms with Gasteiger partial charge in [0.25, 0.3) is 0 Å². The van der Waals surface area contributed by atoms with E-state index >= 15 is 0 Å². The molecule has 1 amide bonds. The van der Waals surface area contributed by atoms with Crippen LogP contribution in [0.25, 0.3) is 0 Å². The minimum atomic E-state index is -0.0169. The van der Waals surface area contributed by atoms with Gasteiger partial charge in [-0.15, -0.1) is 0 Å². The van der Waals surface area contributed by atoms with Crippen molar-refractivity contribution in [3.8, 4) is 0 Å². The van der Waals surface area contributed by atoms with Crippen molar-refractivity contribution in [2.45, 2.75) is 12.8 Å². The molecule has 0 aromatic carbocycles. The summed E-state index contributed by atoms with van der Waals surface area (Å²) in [5.74, 6) is 0.533. The van der Waals surface area contributed by atoms with E-state index in [1.165, 1.54) is 19.0 Å². The Bertz CT molecular complexity index is 360. The van der Waals surface area contributed by atoms with Gasteiger partial charge in [-0.05, 0) is 38.1 Å². The Morgan fingerprint density at radius 3 is 2.81 bits per heavy atom. The number of aromatic nitrogens is 1. The molecule has 1 saturated heterocycles. The molecule has 16 heavy (non-hydrogen) atoms. The number of anilines is 1. The molecule has 0 spiro atoms. The highest BCUT2D eigenvalue weighted by molar-refractivity contribution is 6.30. The van der Waals surface area contributed by atoms with Gasteiger partial charge in [-0.25, -0.2) is 4.98 Å². The Kier molecular flexibility index (Phi) is 3.74. The lowest BCUT2D eigenvalue weighted by Gasteiger charge is -2.13. The van der Waals surface area contributed by atoms with Crippen molar-refractivity contribution >= 4 is 23.3 Å². The molecule has 1 aliphatic heterocycles. The molecule has 1 aliphatic rings. The third kappa shape index (κ3) is 3.18. The van der Waals surface area contributed by atoms with E-state index in [1.807, 2.05) is 0 Å². The van der Waals surface area contributed by atoms with E-state index < -0.39 is 0 Å². The van der Waals surface area contributed by atoms with Gasteiger partial charge < -0.3 is 5.32 Å². The van der Waals surface area contributed by atoms with E-state index in [4.69, 9.17) is 11.6 Å². The minimum absolute atomic E-state index is 0.0169. The quantitative estimate of drug-likeness (QED) is 0.875. The Hall–Kier alpha value is -1.13. The van der Waals surface area contributed by atoms with Gasteiger partial charge in [0.1, 0.15) is 5.82 Å². The number of nitrogens with zero attached hydrogens (tertiary/aromatic N) is 2. The zero-order chi connectivity index (χ0) is 11.4.